The maximum atomic E-state index is 12.8. The van der Waals surface area contributed by atoms with Crippen LogP contribution in [0.4, 0.5) is 13.2 Å². The molecule has 3 fully saturated rings. The summed E-state index contributed by atoms with van der Waals surface area (Å²) in [5.74, 6) is 2.63. The van der Waals surface area contributed by atoms with Gasteiger partial charge in [0.25, 0.3) is 0 Å². The van der Waals surface area contributed by atoms with Crippen LogP contribution in [-0.4, -0.2) is 28.1 Å². The zero-order chi connectivity index (χ0) is 23.5. The number of alkyl halides is 3. The summed E-state index contributed by atoms with van der Waals surface area (Å²) in [5, 5.41) is 20.4. The van der Waals surface area contributed by atoms with Crippen molar-refractivity contribution in [2.45, 2.75) is 116 Å². The molecular formula is C27H43F3O2. The quantitative estimate of drug-likeness (QED) is 0.435. The van der Waals surface area contributed by atoms with Crippen LogP contribution in [0.25, 0.3) is 0 Å². The molecule has 4 rings (SSSR count). The molecule has 2 N–H and O–H groups in total. The van der Waals surface area contributed by atoms with Crippen LogP contribution in [-0.2, 0) is 0 Å². The van der Waals surface area contributed by atoms with Gasteiger partial charge in [-0.15, -0.1) is 0 Å². The van der Waals surface area contributed by atoms with Gasteiger partial charge < -0.3 is 10.2 Å². The highest BCUT2D eigenvalue weighted by Crippen LogP contribution is 2.67. The summed E-state index contributed by atoms with van der Waals surface area (Å²) in [6, 6.07) is 0. The van der Waals surface area contributed by atoms with Gasteiger partial charge in [-0.1, -0.05) is 39.3 Å². The molecule has 0 spiro atoms. The number of rotatable bonds is 5. The van der Waals surface area contributed by atoms with Crippen molar-refractivity contribution < 1.29 is 23.4 Å². The lowest BCUT2D eigenvalue weighted by Crippen LogP contribution is -2.52. The Morgan fingerprint density at radius 1 is 1.06 bits per heavy atom. The van der Waals surface area contributed by atoms with Crippen LogP contribution in [0.2, 0.25) is 0 Å². The van der Waals surface area contributed by atoms with Gasteiger partial charge in [-0.3, -0.25) is 0 Å². The minimum absolute atomic E-state index is 0.182. The fourth-order valence-corrected chi connectivity index (χ4v) is 8.77. The van der Waals surface area contributed by atoms with Gasteiger partial charge in [0.2, 0.25) is 0 Å². The Hall–Kier alpha value is -0.550. The minimum atomic E-state index is -4.51. The minimum Gasteiger partial charge on any atom is -0.390 e. The van der Waals surface area contributed by atoms with E-state index in [1.165, 1.54) is 18.4 Å². The number of hydrogen-bond donors (Lipinski definition) is 2. The Labute approximate surface area is 192 Å². The second kappa shape index (κ2) is 8.29. The van der Waals surface area contributed by atoms with E-state index in [2.05, 4.69) is 33.8 Å². The van der Waals surface area contributed by atoms with Crippen molar-refractivity contribution in [3.63, 3.8) is 0 Å². The van der Waals surface area contributed by atoms with Gasteiger partial charge in [0.1, 0.15) is 6.10 Å². The van der Waals surface area contributed by atoms with Gasteiger partial charge >= 0.3 is 6.18 Å². The summed E-state index contributed by atoms with van der Waals surface area (Å²) in [6.07, 6.45) is 5.39. The van der Waals surface area contributed by atoms with Crippen molar-refractivity contribution in [3.8, 4) is 0 Å². The van der Waals surface area contributed by atoms with Crippen LogP contribution < -0.4 is 0 Å². The Morgan fingerprint density at radius 2 is 1.78 bits per heavy atom. The number of allylic oxidation sites excluding steroid dienone is 1. The topological polar surface area (TPSA) is 40.5 Å². The smallest absolute Gasteiger partial charge is 0.390 e. The third-order valence-corrected chi connectivity index (χ3v) is 10.9. The maximum absolute atomic E-state index is 12.8. The van der Waals surface area contributed by atoms with Crippen molar-refractivity contribution in [1.29, 1.82) is 0 Å². The molecule has 0 aromatic heterocycles. The molecule has 4 aliphatic carbocycles. The van der Waals surface area contributed by atoms with Gasteiger partial charge in [-0.25, -0.2) is 0 Å². The summed E-state index contributed by atoms with van der Waals surface area (Å²) in [6.45, 7) is 9.07. The van der Waals surface area contributed by atoms with E-state index in [4.69, 9.17) is 0 Å². The third kappa shape index (κ3) is 3.97. The molecule has 0 amide bonds. The van der Waals surface area contributed by atoms with Crippen LogP contribution in [0.15, 0.2) is 11.6 Å². The molecule has 2 nitrogen and oxygen atoms in total. The Morgan fingerprint density at radius 3 is 2.44 bits per heavy atom. The second-order valence-corrected chi connectivity index (χ2v) is 12.4. The van der Waals surface area contributed by atoms with Crippen molar-refractivity contribution >= 4 is 0 Å². The summed E-state index contributed by atoms with van der Waals surface area (Å²) < 4.78 is 38.3. The first kappa shape index (κ1) is 24.6. The highest BCUT2D eigenvalue weighted by atomic mass is 19.4. The Bertz CT molecular complexity index is 733. The number of halogens is 3. The van der Waals surface area contributed by atoms with E-state index in [-0.39, 0.29) is 23.2 Å². The molecule has 5 heteroatoms. The first-order chi connectivity index (χ1) is 14.8. The molecule has 3 saturated carbocycles. The third-order valence-electron chi connectivity index (χ3n) is 10.9. The van der Waals surface area contributed by atoms with Gasteiger partial charge in [-0.2, -0.15) is 13.2 Å². The number of aliphatic hydroxyl groups is 2. The fraction of sp³-hybridized carbons (Fsp3) is 0.926. The molecule has 0 aromatic carbocycles. The lowest BCUT2D eigenvalue weighted by molar-refractivity contribution is -0.206. The van der Waals surface area contributed by atoms with Crippen molar-refractivity contribution in [1.82, 2.24) is 0 Å². The average Bonchev–Trinajstić information content (AvgIpc) is 3.09. The van der Waals surface area contributed by atoms with E-state index in [0.29, 0.717) is 30.1 Å². The van der Waals surface area contributed by atoms with Gasteiger partial charge in [0, 0.05) is 0 Å². The lowest BCUT2D eigenvalue weighted by Gasteiger charge is -2.59. The van der Waals surface area contributed by atoms with E-state index in [1.807, 2.05) is 0 Å². The van der Waals surface area contributed by atoms with Crippen molar-refractivity contribution in [3.05, 3.63) is 11.6 Å². The molecule has 0 saturated heterocycles. The molecule has 4 aliphatic rings. The Kier molecular flexibility index (Phi) is 6.36. The van der Waals surface area contributed by atoms with Crippen LogP contribution in [0, 0.1) is 40.4 Å². The van der Waals surface area contributed by atoms with Crippen molar-refractivity contribution in [2.75, 3.05) is 0 Å². The van der Waals surface area contributed by atoms with E-state index in [9.17, 15) is 23.4 Å². The first-order valence-corrected chi connectivity index (χ1v) is 13.0. The van der Waals surface area contributed by atoms with E-state index >= 15 is 0 Å². The molecule has 9 atom stereocenters. The summed E-state index contributed by atoms with van der Waals surface area (Å²) in [5.41, 5.74) is 1.36. The van der Waals surface area contributed by atoms with Crippen LogP contribution in [0.1, 0.15) is 98.3 Å². The summed E-state index contributed by atoms with van der Waals surface area (Å²) >= 11 is 0. The molecule has 0 unspecified atom stereocenters. The molecule has 0 radical (unpaired) electrons. The van der Waals surface area contributed by atoms with Gasteiger partial charge in [0.05, 0.1) is 5.60 Å². The maximum Gasteiger partial charge on any atom is 0.414 e. The van der Waals surface area contributed by atoms with Gasteiger partial charge in [0.15, 0.2) is 0 Å². The normalized spacial score (nSPS) is 46.0. The molecule has 32 heavy (non-hydrogen) atoms. The highest BCUT2D eigenvalue weighted by Gasteiger charge is 2.59. The van der Waals surface area contributed by atoms with Crippen LogP contribution >= 0.6 is 0 Å². The fourth-order valence-electron chi connectivity index (χ4n) is 8.77. The SMILES string of the molecule is CC[C@]1(O)CC[C@@]2(C)C(=CC[C@H]3[C@@H]4CC[C@H]([C@H](C)CC[C@@H](O)C(F)(F)F)[C@@]4(C)CC[C@@H]32)C1. The van der Waals surface area contributed by atoms with E-state index in [1.54, 1.807) is 0 Å². The van der Waals surface area contributed by atoms with Crippen molar-refractivity contribution in [2.24, 2.45) is 40.4 Å². The largest absolute Gasteiger partial charge is 0.414 e. The van der Waals surface area contributed by atoms with Crippen LogP contribution in [0.3, 0.4) is 0 Å². The lowest BCUT2D eigenvalue weighted by atomic mass is 9.46. The molecule has 0 aliphatic heterocycles. The monoisotopic (exact) mass is 456 g/mol. The second-order valence-electron chi connectivity index (χ2n) is 12.4. The van der Waals surface area contributed by atoms with Gasteiger partial charge in [-0.05, 0) is 111 Å². The Balaban J connectivity index is 1.48. The average molecular weight is 457 g/mol. The molecule has 0 aromatic rings. The number of fused-ring (bicyclic) bond motifs is 5. The predicted octanol–water partition coefficient (Wildman–Crippen LogP) is 7.05. The summed E-state index contributed by atoms with van der Waals surface area (Å²) in [7, 11) is 0. The van der Waals surface area contributed by atoms with E-state index < -0.39 is 17.9 Å². The summed E-state index contributed by atoms with van der Waals surface area (Å²) in [4.78, 5) is 0. The molecule has 0 bridgehead atoms. The molecule has 0 heterocycles. The number of aliphatic hydroxyl groups excluding tert-OH is 1. The molecular weight excluding hydrogens is 413 g/mol. The molecule has 184 valence electrons. The standard InChI is InChI=1S/C27H43F3O2/c1-5-26(32)15-14-24(3)18(16-26)7-8-19-21-10-9-20(25(21,4)13-12-22(19)24)17(2)6-11-23(31)27(28,29)30/h7,17,19-23,31-32H,5-6,8-16H2,1-4H3/t17-,19+,20-,21+,22+,23-,24+,25-,26+/m1/s1. The van der Waals surface area contributed by atoms with E-state index in [0.717, 1.165) is 44.9 Å². The number of hydrogen-bond acceptors (Lipinski definition) is 2. The zero-order valence-corrected chi connectivity index (χ0v) is 20.3. The predicted molar refractivity (Wildman–Crippen MR) is 121 cm³/mol. The highest BCUT2D eigenvalue weighted by molar-refractivity contribution is 5.27. The van der Waals surface area contributed by atoms with Crippen LogP contribution in [0.5, 0.6) is 0 Å². The zero-order valence-electron chi connectivity index (χ0n) is 20.3. The first-order valence-electron chi connectivity index (χ1n) is 13.0.